The Bertz CT molecular complexity index is 687. The first kappa shape index (κ1) is 22.0. The molecule has 0 spiro atoms. The zero-order valence-electron chi connectivity index (χ0n) is 18.4. The van der Waals surface area contributed by atoms with Crippen LogP contribution in [0, 0.1) is 5.41 Å². The number of allylic oxidation sites excluding steroid dienone is 1. The van der Waals surface area contributed by atoms with E-state index in [0.29, 0.717) is 19.8 Å². The minimum atomic E-state index is 0.183. The van der Waals surface area contributed by atoms with Crippen molar-refractivity contribution in [2.75, 3.05) is 46.2 Å². The van der Waals surface area contributed by atoms with Gasteiger partial charge in [-0.05, 0) is 51.7 Å². The molecule has 1 saturated heterocycles. The Kier molecular flexibility index (Phi) is 7.84. The summed E-state index contributed by atoms with van der Waals surface area (Å²) in [7, 11) is 0. The summed E-state index contributed by atoms with van der Waals surface area (Å²) in [4.78, 5) is 0. The summed E-state index contributed by atoms with van der Waals surface area (Å²) in [6, 6.07) is 6.25. The summed E-state index contributed by atoms with van der Waals surface area (Å²) in [5.74, 6) is 2.84. The molecule has 1 aliphatic heterocycles. The molecule has 1 aliphatic carbocycles. The van der Waals surface area contributed by atoms with E-state index in [9.17, 15) is 0 Å². The van der Waals surface area contributed by atoms with Crippen LogP contribution < -0.4 is 4.74 Å². The average Bonchev–Trinajstić information content (AvgIpc) is 2.98. The van der Waals surface area contributed by atoms with E-state index >= 15 is 0 Å². The van der Waals surface area contributed by atoms with Crippen molar-refractivity contribution in [2.24, 2.45) is 5.41 Å². The maximum absolute atomic E-state index is 6.09. The molecule has 0 bridgehead atoms. The zero-order chi connectivity index (χ0) is 20.7. The zero-order valence-corrected chi connectivity index (χ0v) is 18.4. The second-order valence-corrected chi connectivity index (χ2v) is 7.81. The van der Waals surface area contributed by atoms with E-state index in [1.54, 1.807) is 0 Å². The van der Waals surface area contributed by atoms with Crippen LogP contribution in [0.25, 0.3) is 5.76 Å². The van der Waals surface area contributed by atoms with Gasteiger partial charge >= 0.3 is 0 Å². The Hall–Kier alpha value is -1.72. The lowest BCUT2D eigenvalue weighted by Gasteiger charge is -2.40. The Morgan fingerprint density at radius 1 is 1.00 bits per heavy atom. The minimum absolute atomic E-state index is 0.183. The highest BCUT2D eigenvalue weighted by atomic mass is 16.5. The minimum Gasteiger partial charge on any atom is -0.494 e. The van der Waals surface area contributed by atoms with Crippen molar-refractivity contribution in [1.82, 2.24) is 0 Å². The second-order valence-electron chi connectivity index (χ2n) is 7.81. The normalized spacial score (nSPS) is 19.7. The molecule has 0 saturated carbocycles. The van der Waals surface area contributed by atoms with Gasteiger partial charge in [0.05, 0.1) is 45.2 Å². The summed E-state index contributed by atoms with van der Waals surface area (Å²) in [5, 5.41) is 0. The fourth-order valence-electron chi connectivity index (χ4n) is 4.13. The molecular formula is C24H36O5. The van der Waals surface area contributed by atoms with Gasteiger partial charge in [-0.15, -0.1) is 0 Å². The third kappa shape index (κ3) is 4.72. The summed E-state index contributed by atoms with van der Waals surface area (Å²) in [6.07, 6.45) is 3.04. The van der Waals surface area contributed by atoms with Crippen LogP contribution in [0.5, 0.6) is 5.75 Å². The van der Waals surface area contributed by atoms with Gasteiger partial charge < -0.3 is 23.7 Å². The predicted octanol–water partition coefficient (Wildman–Crippen LogP) is 5.15. The Balaban J connectivity index is 1.70. The standard InChI is InChI=1S/C24H36O5/c1-5-24(16-26-17-24)15-25-14-10-12-19-18-11-9-13-20(27-6-2)21(18)23(29-8-4)22(19)28-7-3/h9,11,13,19H,5-8,10,12,14-17H2,1-4H3. The van der Waals surface area contributed by atoms with Gasteiger partial charge in [-0.1, -0.05) is 19.1 Å². The molecule has 1 atom stereocenters. The summed E-state index contributed by atoms with van der Waals surface area (Å²) in [5.41, 5.74) is 2.53. The van der Waals surface area contributed by atoms with Crippen molar-refractivity contribution in [2.45, 2.75) is 52.9 Å². The molecule has 0 N–H and O–H groups in total. The van der Waals surface area contributed by atoms with Gasteiger partial charge in [0.1, 0.15) is 11.5 Å². The molecule has 3 rings (SSSR count). The Labute approximate surface area is 175 Å². The summed E-state index contributed by atoms with van der Waals surface area (Å²) < 4.78 is 29.5. The molecule has 2 aliphatic rings. The lowest BCUT2D eigenvalue weighted by atomic mass is 9.84. The first-order chi connectivity index (χ1) is 14.2. The van der Waals surface area contributed by atoms with E-state index in [-0.39, 0.29) is 11.3 Å². The monoisotopic (exact) mass is 404 g/mol. The van der Waals surface area contributed by atoms with E-state index in [2.05, 4.69) is 19.1 Å². The second kappa shape index (κ2) is 10.4. The maximum Gasteiger partial charge on any atom is 0.168 e. The number of fused-ring (bicyclic) bond motifs is 1. The maximum atomic E-state index is 6.09. The fraction of sp³-hybridized carbons (Fsp3) is 0.667. The summed E-state index contributed by atoms with van der Waals surface area (Å²) >= 11 is 0. The van der Waals surface area contributed by atoms with E-state index in [1.807, 2.05) is 26.8 Å². The molecule has 1 heterocycles. The van der Waals surface area contributed by atoms with Crippen LogP contribution in [0.1, 0.15) is 64.0 Å². The molecule has 0 aromatic heterocycles. The van der Waals surface area contributed by atoms with Gasteiger partial charge in [0, 0.05) is 17.9 Å². The van der Waals surface area contributed by atoms with Crippen LogP contribution in [0.4, 0.5) is 0 Å². The molecule has 0 radical (unpaired) electrons. The van der Waals surface area contributed by atoms with Crippen molar-refractivity contribution in [3.8, 4) is 5.75 Å². The molecule has 29 heavy (non-hydrogen) atoms. The van der Waals surface area contributed by atoms with Crippen LogP contribution in [0.15, 0.2) is 24.0 Å². The first-order valence-electron chi connectivity index (χ1n) is 11.1. The molecule has 1 unspecified atom stereocenters. The van der Waals surface area contributed by atoms with Gasteiger partial charge in [-0.3, -0.25) is 0 Å². The third-order valence-corrected chi connectivity index (χ3v) is 5.85. The van der Waals surface area contributed by atoms with Gasteiger partial charge in [-0.25, -0.2) is 0 Å². The van der Waals surface area contributed by atoms with E-state index in [4.69, 9.17) is 23.7 Å². The van der Waals surface area contributed by atoms with Gasteiger partial charge in [0.2, 0.25) is 0 Å². The fourth-order valence-corrected chi connectivity index (χ4v) is 4.13. The smallest absolute Gasteiger partial charge is 0.168 e. The van der Waals surface area contributed by atoms with Crippen LogP contribution >= 0.6 is 0 Å². The van der Waals surface area contributed by atoms with Crippen LogP contribution in [0.2, 0.25) is 0 Å². The van der Waals surface area contributed by atoms with Crippen molar-refractivity contribution < 1.29 is 23.7 Å². The molecule has 5 nitrogen and oxygen atoms in total. The average molecular weight is 405 g/mol. The van der Waals surface area contributed by atoms with Gasteiger partial charge in [0.25, 0.3) is 0 Å². The van der Waals surface area contributed by atoms with Crippen molar-refractivity contribution in [3.63, 3.8) is 0 Å². The number of hydrogen-bond acceptors (Lipinski definition) is 5. The Morgan fingerprint density at radius 3 is 2.38 bits per heavy atom. The molecular weight excluding hydrogens is 368 g/mol. The van der Waals surface area contributed by atoms with Gasteiger partial charge in [-0.2, -0.15) is 0 Å². The lowest BCUT2D eigenvalue weighted by molar-refractivity contribution is -0.150. The van der Waals surface area contributed by atoms with E-state index in [0.717, 1.165) is 68.5 Å². The number of rotatable bonds is 13. The van der Waals surface area contributed by atoms with Crippen LogP contribution in [0.3, 0.4) is 0 Å². The van der Waals surface area contributed by atoms with Crippen molar-refractivity contribution in [1.29, 1.82) is 0 Å². The Morgan fingerprint density at radius 2 is 1.76 bits per heavy atom. The lowest BCUT2D eigenvalue weighted by Crippen LogP contribution is -2.45. The molecule has 1 aromatic rings. The SMILES string of the molecule is CCOC1=C(OCC)C(CCCOCC2(CC)COC2)c2cccc(OCC)c21. The van der Waals surface area contributed by atoms with Crippen LogP contribution in [-0.2, 0) is 18.9 Å². The first-order valence-corrected chi connectivity index (χ1v) is 11.1. The molecule has 162 valence electrons. The quantitative estimate of drug-likeness (QED) is 0.426. The highest BCUT2D eigenvalue weighted by Crippen LogP contribution is 2.48. The largest absolute Gasteiger partial charge is 0.494 e. The molecule has 5 heteroatoms. The third-order valence-electron chi connectivity index (χ3n) is 5.85. The highest BCUT2D eigenvalue weighted by molar-refractivity contribution is 5.77. The number of ether oxygens (including phenoxy) is 5. The van der Waals surface area contributed by atoms with Crippen molar-refractivity contribution in [3.05, 3.63) is 35.1 Å². The van der Waals surface area contributed by atoms with Gasteiger partial charge in [0.15, 0.2) is 5.76 Å². The highest BCUT2D eigenvalue weighted by Gasteiger charge is 2.38. The predicted molar refractivity (Wildman–Crippen MR) is 114 cm³/mol. The van der Waals surface area contributed by atoms with E-state index < -0.39 is 0 Å². The molecule has 1 fully saturated rings. The number of hydrogen-bond donors (Lipinski definition) is 0. The summed E-state index contributed by atoms with van der Waals surface area (Å²) in [6.45, 7) is 13.3. The molecule has 1 aromatic carbocycles. The van der Waals surface area contributed by atoms with Crippen LogP contribution in [-0.4, -0.2) is 46.2 Å². The number of benzene rings is 1. The molecule has 0 amide bonds. The topological polar surface area (TPSA) is 46.2 Å². The van der Waals surface area contributed by atoms with Crippen molar-refractivity contribution >= 4 is 5.76 Å². The van der Waals surface area contributed by atoms with E-state index in [1.165, 1.54) is 5.56 Å².